The Labute approximate surface area is 116 Å². The van der Waals surface area contributed by atoms with Crippen LogP contribution in [0.5, 0.6) is 0 Å². The van der Waals surface area contributed by atoms with Crippen molar-refractivity contribution in [2.24, 2.45) is 5.41 Å². The molecular formula is C14H25NS2. The van der Waals surface area contributed by atoms with Crippen LogP contribution in [0.15, 0.2) is 17.5 Å². The van der Waals surface area contributed by atoms with E-state index in [1.165, 1.54) is 17.7 Å². The lowest BCUT2D eigenvalue weighted by atomic mass is 9.84. The largest absolute Gasteiger partial charge is 0.298 e. The van der Waals surface area contributed by atoms with E-state index < -0.39 is 0 Å². The zero-order chi connectivity index (χ0) is 12.7. The summed E-state index contributed by atoms with van der Waals surface area (Å²) in [6.07, 6.45) is 2.43. The summed E-state index contributed by atoms with van der Waals surface area (Å²) < 4.78 is 0. The number of thiol groups is 1. The van der Waals surface area contributed by atoms with Crippen molar-refractivity contribution in [3.63, 3.8) is 0 Å². The normalized spacial score (nSPS) is 12.3. The SMILES string of the molecule is CCN(Cc1cccs1)CC(CC)(CC)CS. The second-order valence-electron chi connectivity index (χ2n) is 4.75. The van der Waals surface area contributed by atoms with Gasteiger partial charge in [-0.3, -0.25) is 4.90 Å². The van der Waals surface area contributed by atoms with Crippen LogP contribution in [0.4, 0.5) is 0 Å². The maximum Gasteiger partial charge on any atom is 0.0328 e. The molecule has 0 N–H and O–H groups in total. The first-order chi connectivity index (χ1) is 8.19. The predicted molar refractivity (Wildman–Crippen MR) is 82.1 cm³/mol. The van der Waals surface area contributed by atoms with Gasteiger partial charge in [0.15, 0.2) is 0 Å². The summed E-state index contributed by atoms with van der Waals surface area (Å²) in [7, 11) is 0. The quantitative estimate of drug-likeness (QED) is 0.690. The van der Waals surface area contributed by atoms with E-state index in [1.54, 1.807) is 0 Å². The average Bonchev–Trinajstić information content (AvgIpc) is 2.87. The van der Waals surface area contributed by atoms with Gasteiger partial charge in [0.2, 0.25) is 0 Å². The first-order valence-corrected chi connectivity index (χ1v) is 8.06. The molecule has 0 bridgehead atoms. The minimum absolute atomic E-state index is 0.385. The van der Waals surface area contributed by atoms with Gasteiger partial charge in [0.25, 0.3) is 0 Å². The molecule has 0 atom stereocenters. The Morgan fingerprint density at radius 1 is 1.29 bits per heavy atom. The van der Waals surface area contributed by atoms with Gasteiger partial charge in [0.1, 0.15) is 0 Å². The summed E-state index contributed by atoms with van der Waals surface area (Å²) in [5.74, 6) is 0.987. The minimum atomic E-state index is 0.385. The maximum atomic E-state index is 4.56. The lowest BCUT2D eigenvalue weighted by Gasteiger charge is -2.35. The van der Waals surface area contributed by atoms with Crippen molar-refractivity contribution in [2.45, 2.75) is 40.2 Å². The summed E-state index contributed by atoms with van der Waals surface area (Å²) >= 11 is 6.42. The van der Waals surface area contributed by atoms with Gasteiger partial charge in [-0.15, -0.1) is 11.3 Å². The molecular weight excluding hydrogens is 246 g/mol. The van der Waals surface area contributed by atoms with E-state index in [0.29, 0.717) is 5.41 Å². The molecule has 0 saturated heterocycles. The van der Waals surface area contributed by atoms with E-state index in [1.807, 2.05) is 11.3 Å². The molecule has 1 nitrogen and oxygen atoms in total. The fourth-order valence-electron chi connectivity index (χ4n) is 2.12. The second-order valence-corrected chi connectivity index (χ2v) is 6.10. The molecule has 98 valence electrons. The van der Waals surface area contributed by atoms with Crippen molar-refractivity contribution in [3.8, 4) is 0 Å². The zero-order valence-electron chi connectivity index (χ0n) is 11.3. The Bertz CT molecular complexity index is 283. The van der Waals surface area contributed by atoms with Gasteiger partial charge in [-0.25, -0.2) is 0 Å². The fourth-order valence-corrected chi connectivity index (χ4v) is 3.42. The van der Waals surface area contributed by atoms with Gasteiger partial charge in [0.05, 0.1) is 0 Å². The van der Waals surface area contributed by atoms with Crippen molar-refractivity contribution in [1.82, 2.24) is 4.90 Å². The highest BCUT2D eigenvalue weighted by Gasteiger charge is 2.26. The maximum absolute atomic E-state index is 4.56. The molecule has 1 heterocycles. The van der Waals surface area contributed by atoms with Crippen LogP contribution in [0.1, 0.15) is 38.5 Å². The van der Waals surface area contributed by atoms with Gasteiger partial charge in [-0.1, -0.05) is 26.8 Å². The highest BCUT2D eigenvalue weighted by molar-refractivity contribution is 7.80. The molecule has 0 spiro atoms. The van der Waals surface area contributed by atoms with E-state index in [2.05, 4.69) is 55.8 Å². The van der Waals surface area contributed by atoms with Crippen LogP contribution in [0, 0.1) is 5.41 Å². The number of rotatable bonds is 8. The molecule has 0 aliphatic heterocycles. The Kier molecular flexibility index (Phi) is 6.60. The van der Waals surface area contributed by atoms with E-state index in [0.717, 1.165) is 25.4 Å². The molecule has 0 radical (unpaired) electrons. The Hall–Kier alpha value is 0.01000. The van der Waals surface area contributed by atoms with Crippen LogP contribution in [-0.2, 0) is 6.54 Å². The first-order valence-electron chi connectivity index (χ1n) is 6.55. The van der Waals surface area contributed by atoms with Gasteiger partial charge in [-0.2, -0.15) is 12.6 Å². The topological polar surface area (TPSA) is 3.24 Å². The number of hydrogen-bond donors (Lipinski definition) is 1. The molecule has 0 aliphatic carbocycles. The monoisotopic (exact) mass is 271 g/mol. The molecule has 1 aromatic heterocycles. The minimum Gasteiger partial charge on any atom is -0.298 e. The summed E-state index contributed by atoms with van der Waals surface area (Å²) in [6.45, 7) is 10.2. The van der Waals surface area contributed by atoms with Crippen LogP contribution in [0.2, 0.25) is 0 Å². The smallest absolute Gasteiger partial charge is 0.0328 e. The lowest BCUT2D eigenvalue weighted by molar-refractivity contribution is 0.158. The molecule has 0 saturated carbocycles. The summed E-state index contributed by atoms with van der Waals surface area (Å²) in [6, 6.07) is 4.37. The van der Waals surface area contributed by atoms with Crippen molar-refractivity contribution in [3.05, 3.63) is 22.4 Å². The number of thiophene rings is 1. The van der Waals surface area contributed by atoms with E-state index in [9.17, 15) is 0 Å². The number of hydrogen-bond acceptors (Lipinski definition) is 3. The van der Waals surface area contributed by atoms with Crippen molar-refractivity contribution in [2.75, 3.05) is 18.8 Å². The summed E-state index contributed by atoms with van der Waals surface area (Å²) in [4.78, 5) is 4.02. The van der Waals surface area contributed by atoms with Gasteiger partial charge in [0, 0.05) is 18.0 Å². The Morgan fingerprint density at radius 2 is 2.00 bits per heavy atom. The lowest BCUT2D eigenvalue weighted by Crippen LogP contribution is -2.38. The van der Waals surface area contributed by atoms with E-state index >= 15 is 0 Å². The van der Waals surface area contributed by atoms with Gasteiger partial charge < -0.3 is 0 Å². The molecule has 1 aromatic rings. The first kappa shape index (κ1) is 15.1. The molecule has 0 amide bonds. The standard InChI is InChI=1S/C14H25NS2/c1-4-14(5-2,12-16)11-15(6-3)10-13-8-7-9-17-13/h7-9,16H,4-6,10-12H2,1-3H3. The molecule has 3 heteroatoms. The molecule has 1 rings (SSSR count). The van der Waals surface area contributed by atoms with Crippen LogP contribution in [-0.4, -0.2) is 23.7 Å². The third-order valence-electron chi connectivity index (χ3n) is 3.80. The van der Waals surface area contributed by atoms with Crippen molar-refractivity contribution >= 4 is 24.0 Å². The molecule has 0 fully saturated rings. The van der Waals surface area contributed by atoms with Crippen LogP contribution in [0.3, 0.4) is 0 Å². The highest BCUT2D eigenvalue weighted by Crippen LogP contribution is 2.29. The summed E-state index contributed by atoms with van der Waals surface area (Å²) in [5, 5.41) is 2.16. The van der Waals surface area contributed by atoms with E-state index in [4.69, 9.17) is 0 Å². The van der Waals surface area contributed by atoms with Crippen LogP contribution >= 0.6 is 24.0 Å². The number of nitrogens with zero attached hydrogens (tertiary/aromatic N) is 1. The predicted octanol–water partition coefficient (Wildman–Crippen LogP) is 4.31. The Morgan fingerprint density at radius 3 is 2.41 bits per heavy atom. The third kappa shape index (κ3) is 4.31. The fraction of sp³-hybridized carbons (Fsp3) is 0.714. The van der Waals surface area contributed by atoms with Gasteiger partial charge >= 0.3 is 0 Å². The highest BCUT2D eigenvalue weighted by atomic mass is 32.1. The third-order valence-corrected chi connectivity index (χ3v) is 5.33. The van der Waals surface area contributed by atoms with Gasteiger partial charge in [-0.05, 0) is 42.0 Å². The molecule has 17 heavy (non-hydrogen) atoms. The van der Waals surface area contributed by atoms with Crippen LogP contribution in [0.25, 0.3) is 0 Å². The second kappa shape index (κ2) is 7.45. The zero-order valence-corrected chi connectivity index (χ0v) is 13.0. The molecule has 0 aromatic carbocycles. The molecule has 0 aliphatic rings. The average molecular weight is 271 g/mol. The van der Waals surface area contributed by atoms with Crippen molar-refractivity contribution < 1.29 is 0 Å². The van der Waals surface area contributed by atoms with Crippen molar-refractivity contribution in [1.29, 1.82) is 0 Å². The van der Waals surface area contributed by atoms with Crippen LogP contribution < -0.4 is 0 Å². The molecule has 0 unspecified atom stereocenters. The van der Waals surface area contributed by atoms with E-state index in [-0.39, 0.29) is 0 Å². The summed E-state index contributed by atoms with van der Waals surface area (Å²) in [5.41, 5.74) is 0.385. The Balaban J connectivity index is 2.61.